The highest BCUT2D eigenvalue weighted by atomic mass is 79.9. The topological polar surface area (TPSA) is 45.0 Å². The second kappa shape index (κ2) is 9.29. The molecule has 0 saturated carbocycles. The summed E-state index contributed by atoms with van der Waals surface area (Å²) in [6, 6.07) is 14.7. The number of nitrogens with one attached hydrogen (secondary N) is 1. The number of halogens is 2. The first-order chi connectivity index (χ1) is 11.2. The van der Waals surface area contributed by atoms with E-state index in [0.717, 1.165) is 27.8 Å². The van der Waals surface area contributed by atoms with Gasteiger partial charge in [-0.25, -0.2) is 4.39 Å². The standard InChI is InChI=1S/C18H18BrFN2O/c19-18-11-16(20)7-6-15(18)13-22-12-14-4-3-5-17(10-14)23-9-2-1-8-21/h3-7,10-11,22H,1-2,9,12-13H2. The van der Waals surface area contributed by atoms with E-state index in [1.54, 1.807) is 6.07 Å². The highest BCUT2D eigenvalue weighted by molar-refractivity contribution is 9.10. The van der Waals surface area contributed by atoms with Crippen molar-refractivity contribution in [2.75, 3.05) is 6.61 Å². The van der Waals surface area contributed by atoms with Crippen LogP contribution >= 0.6 is 15.9 Å². The van der Waals surface area contributed by atoms with E-state index in [0.29, 0.717) is 26.1 Å². The van der Waals surface area contributed by atoms with Crippen LogP contribution in [0.25, 0.3) is 0 Å². The maximum absolute atomic E-state index is 13.0. The van der Waals surface area contributed by atoms with Gasteiger partial charge in [-0.15, -0.1) is 0 Å². The predicted octanol–water partition coefficient (Wildman–Crippen LogP) is 4.56. The van der Waals surface area contributed by atoms with E-state index >= 15 is 0 Å². The molecule has 0 spiro atoms. The summed E-state index contributed by atoms with van der Waals surface area (Å²) in [5.41, 5.74) is 2.12. The minimum Gasteiger partial charge on any atom is -0.494 e. The monoisotopic (exact) mass is 376 g/mol. The van der Waals surface area contributed by atoms with Crippen molar-refractivity contribution in [3.8, 4) is 11.8 Å². The first kappa shape index (κ1) is 17.5. The molecule has 23 heavy (non-hydrogen) atoms. The van der Waals surface area contributed by atoms with Gasteiger partial charge in [-0.3, -0.25) is 0 Å². The minimum absolute atomic E-state index is 0.248. The van der Waals surface area contributed by atoms with Crippen molar-refractivity contribution in [3.05, 3.63) is 63.9 Å². The Morgan fingerprint density at radius 3 is 2.83 bits per heavy atom. The van der Waals surface area contributed by atoms with Crippen LogP contribution in [0.4, 0.5) is 4.39 Å². The third-order valence-electron chi connectivity index (χ3n) is 3.26. The van der Waals surface area contributed by atoms with Crippen LogP contribution in [-0.2, 0) is 13.1 Å². The molecule has 3 nitrogen and oxygen atoms in total. The fraction of sp³-hybridized carbons (Fsp3) is 0.278. The van der Waals surface area contributed by atoms with Crippen molar-refractivity contribution in [1.29, 1.82) is 5.26 Å². The molecule has 2 aromatic carbocycles. The van der Waals surface area contributed by atoms with Gasteiger partial charge in [-0.05, 0) is 41.8 Å². The molecule has 0 aliphatic carbocycles. The Kier molecular flexibility index (Phi) is 7.05. The Balaban J connectivity index is 1.82. The molecule has 0 bridgehead atoms. The number of benzene rings is 2. The fourth-order valence-electron chi connectivity index (χ4n) is 2.09. The molecule has 0 aliphatic rings. The molecule has 0 amide bonds. The van der Waals surface area contributed by atoms with Gasteiger partial charge in [0.25, 0.3) is 0 Å². The summed E-state index contributed by atoms with van der Waals surface area (Å²) in [4.78, 5) is 0. The highest BCUT2D eigenvalue weighted by Crippen LogP contribution is 2.18. The van der Waals surface area contributed by atoms with Gasteiger partial charge in [0.05, 0.1) is 12.7 Å². The van der Waals surface area contributed by atoms with Crippen LogP contribution < -0.4 is 10.1 Å². The molecule has 2 rings (SSSR count). The molecule has 0 fully saturated rings. The predicted molar refractivity (Wildman–Crippen MR) is 91.4 cm³/mol. The summed E-state index contributed by atoms with van der Waals surface area (Å²) in [5, 5.41) is 11.8. The Morgan fingerprint density at radius 2 is 2.04 bits per heavy atom. The summed E-state index contributed by atoms with van der Waals surface area (Å²) in [6.07, 6.45) is 1.24. The number of nitriles is 1. The van der Waals surface area contributed by atoms with Crippen LogP contribution in [0, 0.1) is 17.1 Å². The zero-order valence-electron chi connectivity index (χ0n) is 12.7. The molecule has 0 aromatic heterocycles. The number of hydrogen-bond donors (Lipinski definition) is 1. The van der Waals surface area contributed by atoms with Crippen LogP contribution in [0.3, 0.4) is 0 Å². The van der Waals surface area contributed by atoms with E-state index in [1.165, 1.54) is 12.1 Å². The lowest BCUT2D eigenvalue weighted by molar-refractivity contribution is 0.312. The maximum atomic E-state index is 13.0. The Labute approximate surface area is 144 Å². The molecule has 0 aliphatic heterocycles. The van der Waals surface area contributed by atoms with Gasteiger partial charge in [-0.2, -0.15) is 5.26 Å². The number of ether oxygens (including phenoxy) is 1. The van der Waals surface area contributed by atoms with Crippen molar-refractivity contribution in [3.63, 3.8) is 0 Å². The molecular weight excluding hydrogens is 359 g/mol. The average molecular weight is 377 g/mol. The maximum Gasteiger partial charge on any atom is 0.124 e. The van der Waals surface area contributed by atoms with Crippen molar-refractivity contribution < 1.29 is 9.13 Å². The molecule has 5 heteroatoms. The van der Waals surface area contributed by atoms with E-state index in [2.05, 4.69) is 27.3 Å². The lowest BCUT2D eigenvalue weighted by Crippen LogP contribution is -2.13. The summed E-state index contributed by atoms with van der Waals surface area (Å²) in [7, 11) is 0. The van der Waals surface area contributed by atoms with Gasteiger partial charge in [0.2, 0.25) is 0 Å². The summed E-state index contributed by atoms with van der Waals surface area (Å²) in [6.45, 7) is 1.89. The molecule has 0 atom stereocenters. The molecule has 0 unspecified atom stereocenters. The lowest BCUT2D eigenvalue weighted by atomic mass is 10.2. The van der Waals surface area contributed by atoms with E-state index in [1.807, 2.05) is 24.3 Å². The molecule has 120 valence electrons. The average Bonchev–Trinajstić information content (AvgIpc) is 2.54. The third kappa shape index (κ3) is 6.01. The molecule has 2 aromatic rings. The normalized spacial score (nSPS) is 10.3. The Hall–Kier alpha value is -1.90. The molecular formula is C18H18BrFN2O. The van der Waals surface area contributed by atoms with Crippen LogP contribution in [0.15, 0.2) is 46.9 Å². The van der Waals surface area contributed by atoms with E-state index in [4.69, 9.17) is 10.00 Å². The number of unbranched alkanes of at least 4 members (excludes halogenated alkanes) is 1. The van der Waals surface area contributed by atoms with Crippen molar-refractivity contribution in [2.24, 2.45) is 0 Å². The van der Waals surface area contributed by atoms with Gasteiger partial charge >= 0.3 is 0 Å². The van der Waals surface area contributed by atoms with E-state index in [-0.39, 0.29) is 5.82 Å². The molecule has 0 saturated heterocycles. The number of rotatable bonds is 8. The zero-order valence-corrected chi connectivity index (χ0v) is 14.3. The SMILES string of the molecule is N#CCCCOc1cccc(CNCc2ccc(F)cc2Br)c1. The molecule has 1 N–H and O–H groups in total. The fourth-order valence-corrected chi connectivity index (χ4v) is 2.58. The number of nitrogens with zero attached hydrogens (tertiary/aromatic N) is 1. The number of hydrogen-bond acceptors (Lipinski definition) is 3. The van der Waals surface area contributed by atoms with Crippen molar-refractivity contribution >= 4 is 15.9 Å². The van der Waals surface area contributed by atoms with Crippen molar-refractivity contribution in [2.45, 2.75) is 25.9 Å². The van der Waals surface area contributed by atoms with Gasteiger partial charge in [-0.1, -0.05) is 34.1 Å². The smallest absolute Gasteiger partial charge is 0.124 e. The van der Waals surface area contributed by atoms with E-state index < -0.39 is 0 Å². The summed E-state index contributed by atoms with van der Waals surface area (Å²) >= 11 is 3.36. The van der Waals surface area contributed by atoms with Crippen molar-refractivity contribution in [1.82, 2.24) is 5.32 Å². The first-order valence-electron chi connectivity index (χ1n) is 7.42. The zero-order chi connectivity index (χ0) is 16.5. The van der Waals surface area contributed by atoms with Crippen LogP contribution in [0.1, 0.15) is 24.0 Å². The largest absolute Gasteiger partial charge is 0.494 e. The van der Waals surface area contributed by atoms with E-state index in [9.17, 15) is 4.39 Å². The van der Waals surface area contributed by atoms with Crippen LogP contribution in [-0.4, -0.2) is 6.61 Å². The second-order valence-electron chi connectivity index (χ2n) is 5.10. The minimum atomic E-state index is -0.248. The second-order valence-corrected chi connectivity index (χ2v) is 5.95. The van der Waals surface area contributed by atoms with Gasteiger partial charge in [0.15, 0.2) is 0 Å². The van der Waals surface area contributed by atoms with Gasteiger partial charge in [0, 0.05) is 24.0 Å². The summed E-state index contributed by atoms with van der Waals surface area (Å²) in [5.74, 6) is 0.562. The molecule has 0 radical (unpaired) electrons. The van der Waals surface area contributed by atoms with Crippen LogP contribution in [0.2, 0.25) is 0 Å². The summed E-state index contributed by atoms with van der Waals surface area (Å²) < 4.78 is 19.4. The lowest BCUT2D eigenvalue weighted by Gasteiger charge is -2.09. The van der Waals surface area contributed by atoms with Gasteiger partial charge in [0.1, 0.15) is 11.6 Å². The Bertz CT molecular complexity index is 685. The highest BCUT2D eigenvalue weighted by Gasteiger charge is 2.02. The Morgan fingerprint density at radius 1 is 1.17 bits per heavy atom. The molecule has 0 heterocycles. The van der Waals surface area contributed by atoms with Gasteiger partial charge < -0.3 is 10.1 Å². The third-order valence-corrected chi connectivity index (χ3v) is 4.00. The quantitative estimate of drug-likeness (QED) is 0.686. The first-order valence-corrected chi connectivity index (χ1v) is 8.21. The van der Waals surface area contributed by atoms with Crippen LogP contribution in [0.5, 0.6) is 5.75 Å².